The molecule has 0 aromatic heterocycles. The number of ether oxygens (including phenoxy) is 1. The van der Waals surface area contributed by atoms with Crippen LogP contribution in [0.4, 0.5) is 0 Å². The largest absolute Gasteiger partial charge is 0.462 e. The van der Waals surface area contributed by atoms with Gasteiger partial charge in [0, 0.05) is 0 Å². The Balaban J connectivity index is 1.59. The van der Waals surface area contributed by atoms with E-state index >= 15 is 0 Å². The van der Waals surface area contributed by atoms with Gasteiger partial charge in [0.1, 0.15) is 0 Å². The highest BCUT2D eigenvalue weighted by molar-refractivity contribution is 5.91. The van der Waals surface area contributed by atoms with Crippen molar-refractivity contribution >= 4 is 5.97 Å². The zero-order valence-corrected chi connectivity index (χ0v) is 10.1. The molecule has 0 aliphatic heterocycles. The lowest BCUT2D eigenvalue weighted by atomic mass is 10.1. The number of aliphatic hydroxyl groups excluding tert-OH is 1. The van der Waals surface area contributed by atoms with E-state index in [1.54, 1.807) is 0 Å². The molecule has 2 aliphatic carbocycles. The zero-order chi connectivity index (χ0) is 12.1. The van der Waals surface area contributed by atoms with Crippen molar-refractivity contribution in [2.24, 2.45) is 5.92 Å². The predicted octanol–water partition coefficient (Wildman–Crippen LogP) is 2.36. The van der Waals surface area contributed by atoms with Gasteiger partial charge in [-0.3, -0.25) is 0 Å². The van der Waals surface area contributed by atoms with Gasteiger partial charge < -0.3 is 9.84 Å². The maximum atomic E-state index is 11.6. The van der Waals surface area contributed by atoms with E-state index in [1.165, 1.54) is 0 Å². The quantitative estimate of drug-likeness (QED) is 0.569. The first-order chi connectivity index (χ1) is 8.27. The number of esters is 1. The molecule has 0 aromatic carbocycles. The van der Waals surface area contributed by atoms with Crippen molar-refractivity contribution in [3.05, 3.63) is 23.8 Å². The van der Waals surface area contributed by atoms with E-state index < -0.39 is 0 Å². The number of carbonyl (C=O) groups is 1. The number of allylic oxidation sites excluding steroid dienone is 2. The molecule has 1 saturated carbocycles. The van der Waals surface area contributed by atoms with E-state index in [4.69, 9.17) is 4.74 Å². The zero-order valence-electron chi connectivity index (χ0n) is 10.1. The molecule has 1 N–H and O–H groups in total. The highest BCUT2D eigenvalue weighted by Gasteiger charge is 2.29. The third-order valence-corrected chi connectivity index (χ3v) is 3.27. The molecular weight excluding hydrogens is 216 g/mol. The molecule has 0 spiro atoms. The van der Waals surface area contributed by atoms with E-state index in [-0.39, 0.29) is 12.1 Å². The third kappa shape index (κ3) is 4.00. The Morgan fingerprint density at radius 3 is 2.94 bits per heavy atom. The van der Waals surface area contributed by atoms with Gasteiger partial charge in [0.15, 0.2) is 0 Å². The Morgan fingerprint density at radius 1 is 1.47 bits per heavy atom. The first-order valence-electron chi connectivity index (χ1n) is 6.49. The second-order valence-corrected chi connectivity index (χ2v) is 4.82. The fourth-order valence-electron chi connectivity index (χ4n) is 2.02. The minimum atomic E-state index is -0.234. The van der Waals surface area contributed by atoms with Crippen LogP contribution in [0.2, 0.25) is 0 Å². The molecular formula is C14H20O3. The number of hydrogen-bond donors (Lipinski definition) is 1. The number of aliphatic hydroxyl groups is 1. The van der Waals surface area contributed by atoms with E-state index in [2.05, 4.69) is 0 Å². The van der Waals surface area contributed by atoms with Gasteiger partial charge in [-0.15, -0.1) is 0 Å². The van der Waals surface area contributed by atoms with Gasteiger partial charge in [-0.1, -0.05) is 18.2 Å². The second-order valence-electron chi connectivity index (χ2n) is 4.82. The Morgan fingerprint density at radius 2 is 2.29 bits per heavy atom. The summed E-state index contributed by atoms with van der Waals surface area (Å²) >= 11 is 0. The summed E-state index contributed by atoms with van der Waals surface area (Å²) in [6.45, 7) is 0.411. The van der Waals surface area contributed by atoms with Crippen molar-refractivity contribution in [2.45, 2.75) is 44.6 Å². The molecule has 3 nitrogen and oxygen atoms in total. The van der Waals surface area contributed by atoms with Crippen LogP contribution in [0.3, 0.4) is 0 Å². The van der Waals surface area contributed by atoms with Crippen molar-refractivity contribution in [3.8, 4) is 0 Å². The average Bonchev–Trinajstić information content (AvgIpc) is 3.19. The van der Waals surface area contributed by atoms with Crippen molar-refractivity contribution in [3.63, 3.8) is 0 Å². The van der Waals surface area contributed by atoms with Crippen molar-refractivity contribution in [2.75, 3.05) is 6.61 Å². The van der Waals surface area contributed by atoms with Crippen LogP contribution in [0.15, 0.2) is 23.8 Å². The Bertz CT molecular complexity index is 326. The summed E-state index contributed by atoms with van der Waals surface area (Å²) in [5, 5.41) is 9.64. The molecule has 1 fully saturated rings. The molecule has 1 atom stereocenters. The van der Waals surface area contributed by atoms with Crippen molar-refractivity contribution in [1.29, 1.82) is 0 Å². The summed E-state index contributed by atoms with van der Waals surface area (Å²) in [5.41, 5.74) is 0.666. The molecule has 2 aliphatic rings. The molecule has 3 heteroatoms. The molecule has 0 saturated heterocycles. The van der Waals surface area contributed by atoms with E-state index in [9.17, 15) is 9.90 Å². The lowest BCUT2D eigenvalue weighted by Gasteiger charge is -2.10. The average molecular weight is 236 g/mol. The number of rotatable bonds is 6. The molecule has 0 amide bonds. The minimum absolute atomic E-state index is 0.192. The summed E-state index contributed by atoms with van der Waals surface area (Å²) < 4.78 is 5.16. The maximum Gasteiger partial charge on any atom is 0.337 e. The fraction of sp³-hybridized carbons (Fsp3) is 0.643. The molecule has 0 bridgehead atoms. The molecule has 0 heterocycles. The van der Waals surface area contributed by atoms with Crippen LogP contribution in [0.5, 0.6) is 0 Å². The van der Waals surface area contributed by atoms with Gasteiger partial charge in [0.2, 0.25) is 0 Å². The van der Waals surface area contributed by atoms with Crippen LogP contribution >= 0.6 is 0 Å². The predicted molar refractivity (Wildman–Crippen MR) is 65.4 cm³/mol. The lowest BCUT2D eigenvalue weighted by Crippen LogP contribution is -2.13. The first-order valence-corrected chi connectivity index (χ1v) is 6.49. The Hall–Kier alpha value is -1.09. The Labute approximate surface area is 102 Å². The Kier molecular flexibility index (Phi) is 4.37. The summed E-state index contributed by atoms with van der Waals surface area (Å²) in [6.07, 6.45) is 11.3. The van der Waals surface area contributed by atoms with Crippen LogP contribution in [-0.4, -0.2) is 23.8 Å². The van der Waals surface area contributed by atoms with E-state index in [0.29, 0.717) is 18.1 Å². The summed E-state index contributed by atoms with van der Waals surface area (Å²) in [6, 6.07) is 0. The SMILES string of the molecule is O=C(OCCCC(O)C1CC1)C1=CCCC=C1. The smallest absolute Gasteiger partial charge is 0.337 e. The summed E-state index contributed by atoms with van der Waals surface area (Å²) in [7, 11) is 0. The molecule has 1 unspecified atom stereocenters. The monoisotopic (exact) mass is 236 g/mol. The summed E-state index contributed by atoms with van der Waals surface area (Å²) in [5.74, 6) is 0.275. The normalized spacial score (nSPS) is 20.9. The van der Waals surface area contributed by atoms with Gasteiger partial charge in [0.25, 0.3) is 0 Å². The maximum absolute atomic E-state index is 11.6. The van der Waals surface area contributed by atoms with Gasteiger partial charge >= 0.3 is 5.97 Å². The number of carbonyl (C=O) groups excluding carboxylic acids is 1. The van der Waals surface area contributed by atoms with Gasteiger partial charge in [-0.25, -0.2) is 4.79 Å². The van der Waals surface area contributed by atoms with Crippen LogP contribution in [0, 0.1) is 5.92 Å². The topological polar surface area (TPSA) is 46.5 Å². The van der Waals surface area contributed by atoms with Crippen molar-refractivity contribution in [1.82, 2.24) is 0 Å². The third-order valence-electron chi connectivity index (χ3n) is 3.27. The van der Waals surface area contributed by atoms with Crippen LogP contribution in [0.25, 0.3) is 0 Å². The molecule has 17 heavy (non-hydrogen) atoms. The highest BCUT2D eigenvalue weighted by atomic mass is 16.5. The second kappa shape index (κ2) is 6.01. The van der Waals surface area contributed by atoms with Gasteiger partial charge in [0.05, 0.1) is 18.3 Å². The van der Waals surface area contributed by atoms with E-state index in [1.807, 2.05) is 18.2 Å². The summed E-state index contributed by atoms with van der Waals surface area (Å²) in [4.78, 5) is 11.6. The molecule has 0 radical (unpaired) electrons. The minimum Gasteiger partial charge on any atom is -0.462 e. The van der Waals surface area contributed by atoms with Crippen LogP contribution in [0.1, 0.15) is 38.5 Å². The lowest BCUT2D eigenvalue weighted by molar-refractivity contribution is -0.138. The number of hydrogen-bond acceptors (Lipinski definition) is 3. The molecule has 2 rings (SSSR count). The van der Waals surface area contributed by atoms with Gasteiger partial charge in [-0.05, 0) is 44.4 Å². The fourth-order valence-corrected chi connectivity index (χ4v) is 2.02. The standard InChI is InChI=1S/C14H20O3/c15-13(11-8-9-11)7-4-10-17-14(16)12-5-2-1-3-6-12/h2,5-6,11,13,15H,1,3-4,7-10H2. The van der Waals surface area contributed by atoms with Crippen LogP contribution < -0.4 is 0 Å². The van der Waals surface area contributed by atoms with Crippen LogP contribution in [-0.2, 0) is 9.53 Å². The first kappa shape index (κ1) is 12.4. The van der Waals surface area contributed by atoms with Gasteiger partial charge in [-0.2, -0.15) is 0 Å². The van der Waals surface area contributed by atoms with E-state index in [0.717, 1.165) is 38.5 Å². The molecule has 94 valence electrons. The molecule has 0 aromatic rings. The highest BCUT2D eigenvalue weighted by Crippen LogP contribution is 2.34. The van der Waals surface area contributed by atoms with Crippen molar-refractivity contribution < 1.29 is 14.6 Å².